The molecule has 24 heavy (non-hydrogen) atoms. The van der Waals surface area contributed by atoms with Gasteiger partial charge in [0.2, 0.25) is 0 Å². The van der Waals surface area contributed by atoms with Crippen molar-refractivity contribution < 1.29 is 9.63 Å². The molecule has 0 aliphatic carbocycles. The number of hydroxylamine groups is 2. The van der Waals surface area contributed by atoms with Crippen molar-refractivity contribution in [1.82, 2.24) is 24.5 Å². The number of hydrogen-bond acceptors (Lipinski definition) is 6. The van der Waals surface area contributed by atoms with Gasteiger partial charge in [-0.2, -0.15) is 0 Å². The van der Waals surface area contributed by atoms with E-state index in [0.717, 1.165) is 37.3 Å². The quantitative estimate of drug-likeness (QED) is 0.847. The number of carbonyl (C=O) groups excluding carboxylic acids is 1. The number of hydrogen-bond donors (Lipinski definition) is 0. The Hall–Kier alpha value is -1.77. The third kappa shape index (κ3) is 2.97. The molecular weight excluding hydrogens is 326 g/mol. The highest BCUT2D eigenvalue weighted by atomic mass is 32.1. The van der Waals surface area contributed by atoms with Crippen LogP contribution in [-0.4, -0.2) is 50.1 Å². The average molecular weight is 347 g/mol. The van der Waals surface area contributed by atoms with Gasteiger partial charge in [0.05, 0.1) is 29.8 Å². The molecule has 2 aliphatic heterocycles. The van der Waals surface area contributed by atoms with Crippen LogP contribution in [0.1, 0.15) is 35.1 Å². The number of carbonyl (C=O) groups is 1. The zero-order chi connectivity index (χ0) is 16.5. The van der Waals surface area contributed by atoms with Crippen LogP contribution in [0.3, 0.4) is 0 Å². The van der Waals surface area contributed by atoms with Gasteiger partial charge in [0, 0.05) is 37.3 Å². The van der Waals surface area contributed by atoms with Gasteiger partial charge >= 0.3 is 0 Å². The summed E-state index contributed by atoms with van der Waals surface area (Å²) >= 11 is 1.67. The van der Waals surface area contributed by atoms with Crippen molar-refractivity contribution in [2.45, 2.75) is 38.9 Å². The SMILES string of the molecule is Cc1ncsc1CN1Cc2cncn2[C@H](C(=O)N2CCCCO2)C1. The van der Waals surface area contributed by atoms with Crippen molar-refractivity contribution in [2.24, 2.45) is 0 Å². The number of aromatic nitrogens is 3. The summed E-state index contributed by atoms with van der Waals surface area (Å²) < 4.78 is 2.00. The van der Waals surface area contributed by atoms with Crippen LogP contribution < -0.4 is 0 Å². The zero-order valence-electron chi connectivity index (χ0n) is 13.7. The first kappa shape index (κ1) is 15.7. The third-order valence-electron chi connectivity index (χ3n) is 4.64. The molecule has 4 rings (SSSR count). The maximum Gasteiger partial charge on any atom is 0.270 e. The molecule has 2 aromatic rings. The number of fused-ring (bicyclic) bond motifs is 1. The highest BCUT2D eigenvalue weighted by molar-refractivity contribution is 7.09. The van der Waals surface area contributed by atoms with E-state index in [1.807, 2.05) is 23.2 Å². The Bertz CT molecular complexity index is 722. The number of thiazole rings is 1. The molecule has 1 atom stereocenters. The largest absolute Gasteiger partial charge is 0.319 e. The number of nitrogens with zero attached hydrogens (tertiary/aromatic N) is 5. The fraction of sp³-hybridized carbons (Fsp3) is 0.562. The Balaban J connectivity index is 1.54. The van der Waals surface area contributed by atoms with Gasteiger partial charge in [-0.25, -0.2) is 15.0 Å². The lowest BCUT2D eigenvalue weighted by atomic mass is 10.1. The molecule has 1 saturated heterocycles. The zero-order valence-corrected chi connectivity index (χ0v) is 14.5. The number of amides is 1. The van der Waals surface area contributed by atoms with Crippen molar-refractivity contribution in [1.29, 1.82) is 0 Å². The van der Waals surface area contributed by atoms with E-state index in [2.05, 4.69) is 14.9 Å². The molecule has 2 aliphatic rings. The lowest BCUT2D eigenvalue weighted by molar-refractivity contribution is -0.201. The van der Waals surface area contributed by atoms with Gasteiger partial charge in [-0.1, -0.05) is 0 Å². The first-order valence-electron chi connectivity index (χ1n) is 8.28. The van der Waals surface area contributed by atoms with E-state index in [9.17, 15) is 4.79 Å². The third-order valence-corrected chi connectivity index (χ3v) is 5.56. The van der Waals surface area contributed by atoms with Gasteiger partial charge in [0.25, 0.3) is 5.91 Å². The van der Waals surface area contributed by atoms with Crippen LogP contribution in [0.25, 0.3) is 0 Å². The van der Waals surface area contributed by atoms with Crippen LogP contribution >= 0.6 is 11.3 Å². The smallest absolute Gasteiger partial charge is 0.270 e. The first-order chi connectivity index (χ1) is 11.7. The molecule has 0 N–H and O–H groups in total. The van der Waals surface area contributed by atoms with Crippen molar-refractivity contribution in [3.05, 3.63) is 34.3 Å². The molecule has 2 aromatic heterocycles. The van der Waals surface area contributed by atoms with Crippen LogP contribution in [-0.2, 0) is 22.7 Å². The Morgan fingerprint density at radius 1 is 1.46 bits per heavy atom. The van der Waals surface area contributed by atoms with Crippen LogP contribution in [0.2, 0.25) is 0 Å². The molecule has 7 nitrogen and oxygen atoms in total. The summed E-state index contributed by atoms with van der Waals surface area (Å²) in [4.78, 5) is 30.6. The van der Waals surface area contributed by atoms with Crippen LogP contribution in [0.4, 0.5) is 0 Å². The van der Waals surface area contributed by atoms with Gasteiger partial charge in [-0.15, -0.1) is 11.3 Å². The Morgan fingerprint density at radius 2 is 2.38 bits per heavy atom. The monoisotopic (exact) mass is 347 g/mol. The van der Waals surface area contributed by atoms with Crippen molar-refractivity contribution in [2.75, 3.05) is 19.7 Å². The Labute approximate surface area is 144 Å². The van der Waals surface area contributed by atoms with E-state index in [4.69, 9.17) is 4.84 Å². The Kier molecular flexibility index (Phi) is 4.34. The van der Waals surface area contributed by atoms with Gasteiger partial charge in [0.1, 0.15) is 6.04 Å². The minimum Gasteiger partial charge on any atom is -0.319 e. The standard InChI is InChI=1S/C16H21N5O2S/c1-12-15(24-11-18-12)9-19-7-13-6-17-10-20(13)14(8-19)16(22)21-4-2-3-5-23-21/h6,10-11,14H,2-5,7-9H2,1H3/t14-/m0/s1. The molecular formula is C16H21N5O2S. The summed E-state index contributed by atoms with van der Waals surface area (Å²) in [6.07, 6.45) is 5.63. The first-order valence-corrected chi connectivity index (χ1v) is 9.16. The second-order valence-electron chi connectivity index (χ2n) is 6.32. The molecule has 128 valence electrons. The molecule has 0 spiro atoms. The fourth-order valence-corrected chi connectivity index (χ4v) is 4.12. The summed E-state index contributed by atoms with van der Waals surface area (Å²) in [6.45, 7) is 5.60. The summed E-state index contributed by atoms with van der Waals surface area (Å²) in [5.74, 6) is 0.0275. The molecule has 0 saturated carbocycles. The summed E-state index contributed by atoms with van der Waals surface area (Å²) in [5.41, 5.74) is 4.02. The van der Waals surface area contributed by atoms with Crippen molar-refractivity contribution in [3.63, 3.8) is 0 Å². The van der Waals surface area contributed by atoms with Crippen LogP contribution in [0, 0.1) is 6.92 Å². The number of aryl methyl sites for hydroxylation is 1. The second kappa shape index (κ2) is 6.62. The second-order valence-corrected chi connectivity index (χ2v) is 7.26. The molecule has 4 heterocycles. The van der Waals surface area contributed by atoms with Crippen LogP contribution in [0.5, 0.6) is 0 Å². The summed E-state index contributed by atoms with van der Waals surface area (Å²) in [7, 11) is 0. The van der Waals surface area contributed by atoms with E-state index in [1.54, 1.807) is 22.7 Å². The number of rotatable bonds is 3. The maximum absolute atomic E-state index is 12.9. The maximum atomic E-state index is 12.9. The van der Waals surface area contributed by atoms with Gasteiger partial charge in [-0.3, -0.25) is 14.5 Å². The minimum absolute atomic E-state index is 0.0275. The molecule has 0 aromatic carbocycles. The lowest BCUT2D eigenvalue weighted by Gasteiger charge is -2.36. The molecule has 1 amide bonds. The number of imidazole rings is 1. The summed E-state index contributed by atoms with van der Waals surface area (Å²) in [5, 5.41) is 1.54. The predicted molar refractivity (Wildman–Crippen MR) is 89.1 cm³/mol. The molecule has 0 unspecified atom stereocenters. The van der Waals surface area contributed by atoms with E-state index in [0.29, 0.717) is 19.7 Å². The lowest BCUT2D eigenvalue weighted by Crippen LogP contribution is -2.47. The predicted octanol–water partition coefficient (Wildman–Crippen LogP) is 1.76. The molecule has 1 fully saturated rings. The highest BCUT2D eigenvalue weighted by Gasteiger charge is 2.34. The highest BCUT2D eigenvalue weighted by Crippen LogP contribution is 2.26. The Morgan fingerprint density at radius 3 is 3.12 bits per heavy atom. The normalized spacial score (nSPS) is 21.7. The van der Waals surface area contributed by atoms with Gasteiger partial charge in [-0.05, 0) is 19.8 Å². The molecule has 8 heteroatoms. The van der Waals surface area contributed by atoms with Gasteiger partial charge < -0.3 is 4.57 Å². The molecule has 0 radical (unpaired) electrons. The minimum atomic E-state index is -0.275. The van der Waals surface area contributed by atoms with Gasteiger partial charge in [0.15, 0.2) is 0 Å². The van der Waals surface area contributed by atoms with Crippen molar-refractivity contribution >= 4 is 17.2 Å². The van der Waals surface area contributed by atoms with Crippen molar-refractivity contribution in [3.8, 4) is 0 Å². The van der Waals surface area contributed by atoms with E-state index < -0.39 is 0 Å². The fourth-order valence-electron chi connectivity index (χ4n) is 3.30. The topological polar surface area (TPSA) is 63.5 Å². The van der Waals surface area contributed by atoms with E-state index >= 15 is 0 Å². The van der Waals surface area contributed by atoms with Crippen LogP contribution in [0.15, 0.2) is 18.0 Å². The van der Waals surface area contributed by atoms with E-state index in [-0.39, 0.29) is 11.9 Å². The van der Waals surface area contributed by atoms with E-state index in [1.165, 1.54) is 4.88 Å². The average Bonchev–Trinajstić information content (AvgIpc) is 3.24. The molecule has 0 bridgehead atoms. The summed E-state index contributed by atoms with van der Waals surface area (Å²) in [6, 6.07) is -0.275.